The monoisotopic (exact) mass is 210 g/mol. The molecule has 2 N–H and O–H groups in total. The van der Waals surface area contributed by atoms with Crippen molar-refractivity contribution in [3.63, 3.8) is 0 Å². The van der Waals surface area contributed by atoms with Gasteiger partial charge in [0.05, 0.1) is 5.71 Å². The summed E-state index contributed by atoms with van der Waals surface area (Å²) in [7, 11) is 0. The molecule has 0 atom stereocenters. The molecule has 84 valence electrons. The van der Waals surface area contributed by atoms with Gasteiger partial charge in [0.2, 0.25) is 5.91 Å². The number of hydrogen-bond donors (Lipinski definition) is 1. The highest BCUT2D eigenvalue weighted by Gasteiger charge is 2.42. The van der Waals surface area contributed by atoms with Crippen molar-refractivity contribution < 1.29 is 9.63 Å². The molecule has 1 spiro atoms. The van der Waals surface area contributed by atoms with E-state index >= 15 is 0 Å². The first kappa shape index (κ1) is 10.5. The number of nitrogens with zero attached hydrogens (tertiary/aromatic N) is 1. The lowest BCUT2D eigenvalue weighted by molar-refractivity contribution is -0.125. The second kappa shape index (κ2) is 3.83. The average molecular weight is 210 g/mol. The van der Waals surface area contributed by atoms with Crippen molar-refractivity contribution in [1.29, 1.82) is 0 Å². The summed E-state index contributed by atoms with van der Waals surface area (Å²) >= 11 is 0. The van der Waals surface area contributed by atoms with E-state index in [1.54, 1.807) is 0 Å². The zero-order chi connectivity index (χ0) is 10.9. The Hall–Kier alpha value is -1.06. The number of primary amides is 1. The van der Waals surface area contributed by atoms with Crippen LogP contribution < -0.4 is 5.73 Å². The van der Waals surface area contributed by atoms with E-state index in [1.165, 1.54) is 0 Å². The molecule has 0 unspecified atom stereocenters. The van der Waals surface area contributed by atoms with E-state index < -0.39 is 0 Å². The molecule has 1 aliphatic carbocycles. The minimum absolute atomic E-state index is 0.0462. The second-order valence-corrected chi connectivity index (χ2v) is 4.64. The summed E-state index contributed by atoms with van der Waals surface area (Å²) in [5.41, 5.74) is 6.35. The van der Waals surface area contributed by atoms with Crippen molar-refractivity contribution in [3.05, 3.63) is 0 Å². The van der Waals surface area contributed by atoms with Crippen LogP contribution in [0.25, 0.3) is 0 Å². The van der Waals surface area contributed by atoms with Crippen LogP contribution in [0.15, 0.2) is 5.16 Å². The fourth-order valence-electron chi connectivity index (χ4n) is 2.48. The van der Waals surface area contributed by atoms with Gasteiger partial charge in [0.1, 0.15) is 5.60 Å². The summed E-state index contributed by atoms with van der Waals surface area (Å²) in [6.45, 7) is 2.09. The maximum Gasteiger partial charge on any atom is 0.220 e. The minimum atomic E-state index is -0.167. The van der Waals surface area contributed by atoms with Gasteiger partial charge in [-0.2, -0.15) is 0 Å². The van der Waals surface area contributed by atoms with Crippen LogP contribution in [0, 0.1) is 5.92 Å². The Morgan fingerprint density at radius 2 is 2.27 bits per heavy atom. The minimum Gasteiger partial charge on any atom is -0.389 e. The van der Waals surface area contributed by atoms with Gasteiger partial charge in [0.25, 0.3) is 0 Å². The molecule has 0 aromatic rings. The van der Waals surface area contributed by atoms with E-state index in [2.05, 4.69) is 12.1 Å². The summed E-state index contributed by atoms with van der Waals surface area (Å²) in [6.07, 6.45) is 5.42. The number of carbonyl (C=O) groups excluding carboxylic acids is 1. The fourth-order valence-corrected chi connectivity index (χ4v) is 2.48. The normalized spacial score (nSPS) is 35.0. The Morgan fingerprint density at radius 1 is 1.60 bits per heavy atom. The second-order valence-electron chi connectivity index (χ2n) is 4.64. The lowest BCUT2D eigenvalue weighted by Gasteiger charge is -2.33. The van der Waals surface area contributed by atoms with Gasteiger partial charge >= 0.3 is 0 Å². The van der Waals surface area contributed by atoms with E-state index in [4.69, 9.17) is 10.6 Å². The Morgan fingerprint density at radius 3 is 2.73 bits per heavy atom. The molecule has 2 rings (SSSR count). The van der Waals surface area contributed by atoms with Crippen molar-refractivity contribution >= 4 is 11.6 Å². The van der Waals surface area contributed by atoms with Crippen LogP contribution in [-0.4, -0.2) is 17.2 Å². The van der Waals surface area contributed by atoms with Gasteiger partial charge in [0.15, 0.2) is 0 Å². The Bertz CT molecular complexity index is 291. The Labute approximate surface area is 89.8 Å². The molecule has 1 fully saturated rings. The highest BCUT2D eigenvalue weighted by molar-refractivity contribution is 5.85. The van der Waals surface area contributed by atoms with Crippen LogP contribution in [-0.2, 0) is 9.63 Å². The quantitative estimate of drug-likeness (QED) is 0.752. The van der Waals surface area contributed by atoms with Gasteiger partial charge < -0.3 is 10.6 Å². The highest BCUT2D eigenvalue weighted by Crippen LogP contribution is 2.40. The van der Waals surface area contributed by atoms with E-state index in [9.17, 15) is 4.79 Å². The number of amides is 1. The fraction of sp³-hybridized carbons (Fsp3) is 0.818. The third kappa shape index (κ3) is 1.98. The Balaban J connectivity index is 1.92. The Kier molecular flexibility index (Phi) is 2.67. The van der Waals surface area contributed by atoms with E-state index in [0.29, 0.717) is 0 Å². The van der Waals surface area contributed by atoms with Gasteiger partial charge in [0, 0.05) is 12.3 Å². The lowest BCUT2D eigenvalue weighted by Crippen LogP contribution is -2.38. The van der Waals surface area contributed by atoms with Gasteiger partial charge in [-0.15, -0.1) is 0 Å². The largest absolute Gasteiger partial charge is 0.389 e. The summed E-state index contributed by atoms with van der Waals surface area (Å²) in [5, 5.41) is 4.10. The van der Waals surface area contributed by atoms with Crippen molar-refractivity contribution in [3.8, 4) is 0 Å². The van der Waals surface area contributed by atoms with Crippen LogP contribution in [0.1, 0.15) is 45.4 Å². The van der Waals surface area contributed by atoms with Crippen molar-refractivity contribution in [2.75, 3.05) is 0 Å². The molecule has 15 heavy (non-hydrogen) atoms. The molecule has 4 nitrogen and oxygen atoms in total. The summed E-state index contributed by atoms with van der Waals surface area (Å²) in [5.74, 6) is -0.121. The first-order chi connectivity index (χ1) is 7.15. The molecule has 0 bridgehead atoms. The first-order valence-corrected chi connectivity index (χ1v) is 5.68. The molecule has 0 aromatic carbocycles. The van der Waals surface area contributed by atoms with E-state index in [1.807, 2.05) is 0 Å². The molecule has 0 saturated heterocycles. The molecule has 2 aliphatic rings. The molecule has 1 heterocycles. The third-order valence-corrected chi connectivity index (χ3v) is 3.60. The van der Waals surface area contributed by atoms with E-state index in [0.717, 1.165) is 44.2 Å². The maximum absolute atomic E-state index is 11.0. The SMILES string of the molecule is CCC1=NOC2(CCC(C(N)=O)CC2)C1. The summed E-state index contributed by atoms with van der Waals surface area (Å²) in [6, 6.07) is 0. The molecule has 1 saturated carbocycles. The van der Waals surface area contributed by atoms with Crippen LogP contribution in [0.5, 0.6) is 0 Å². The maximum atomic E-state index is 11.0. The average Bonchev–Trinajstić information content (AvgIpc) is 2.62. The number of hydrogen-bond acceptors (Lipinski definition) is 3. The van der Waals surface area contributed by atoms with Gasteiger partial charge in [-0.25, -0.2) is 0 Å². The van der Waals surface area contributed by atoms with E-state index in [-0.39, 0.29) is 17.4 Å². The topological polar surface area (TPSA) is 64.7 Å². The van der Waals surface area contributed by atoms with Crippen molar-refractivity contribution in [1.82, 2.24) is 0 Å². The third-order valence-electron chi connectivity index (χ3n) is 3.60. The molecule has 0 radical (unpaired) electrons. The number of oxime groups is 1. The zero-order valence-electron chi connectivity index (χ0n) is 9.16. The predicted octanol–water partition coefficient (Wildman–Crippen LogP) is 1.59. The lowest BCUT2D eigenvalue weighted by atomic mass is 9.76. The highest BCUT2D eigenvalue weighted by atomic mass is 16.7. The van der Waals surface area contributed by atoms with Crippen molar-refractivity contribution in [2.45, 2.75) is 51.0 Å². The van der Waals surface area contributed by atoms with Crippen LogP contribution in [0.3, 0.4) is 0 Å². The molecule has 0 aromatic heterocycles. The number of nitrogens with two attached hydrogens (primary N) is 1. The first-order valence-electron chi connectivity index (χ1n) is 5.68. The van der Waals surface area contributed by atoms with Gasteiger partial charge in [-0.3, -0.25) is 4.79 Å². The van der Waals surface area contributed by atoms with Gasteiger partial charge in [-0.1, -0.05) is 12.1 Å². The number of carbonyl (C=O) groups is 1. The summed E-state index contributed by atoms with van der Waals surface area (Å²) < 4.78 is 0. The zero-order valence-corrected chi connectivity index (χ0v) is 9.16. The number of rotatable bonds is 2. The van der Waals surface area contributed by atoms with Gasteiger partial charge in [-0.05, 0) is 32.1 Å². The predicted molar refractivity (Wildman–Crippen MR) is 57.3 cm³/mol. The van der Waals surface area contributed by atoms with Crippen molar-refractivity contribution in [2.24, 2.45) is 16.8 Å². The molecular weight excluding hydrogens is 192 g/mol. The molecule has 4 heteroatoms. The summed E-state index contributed by atoms with van der Waals surface area (Å²) in [4.78, 5) is 16.6. The van der Waals surface area contributed by atoms with Crippen LogP contribution in [0.4, 0.5) is 0 Å². The molecular formula is C11H18N2O2. The molecule has 1 aliphatic heterocycles. The smallest absolute Gasteiger partial charge is 0.220 e. The standard InChI is InChI=1S/C11H18N2O2/c1-2-9-7-11(15-13-9)5-3-8(4-6-11)10(12)14/h8H,2-7H2,1H3,(H2,12,14). The van der Waals surface area contributed by atoms with Crippen LogP contribution >= 0.6 is 0 Å². The van der Waals surface area contributed by atoms with Crippen LogP contribution in [0.2, 0.25) is 0 Å². The molecule has 1 amide bonds.